The van der Waals surface area contributed by atoms with Crippen molar-refractivity contribution in [2.45, 2.75) is 38.6 Å². The molecule has 1 saturated carbocycles. The Balaban J connectivity index is 1.96. The molecule has 1 aromatic rings. The largest absolute Gasteiger partial charge is 0.335 e. The van der Waals surface area contributed by atoms with Crippen molar-refractivity contribution in [2.24, 2.45) is 5.92 Å². The molecule has 1 aliphatic rings. The summed E-state index contributed by atoms with van der Waals surface area (Å²) in [5.74, 6) is 0.463. The normalized spacial score (nSPS) is 21.6. The fourth-order valence-electron chi connectivity index (χ4n) is 2.60. The quantitative estimate of drug-likeness (QED) is 0.654. The first-order chi connectivity index (χ1) is 9.97. The number of nitro benzene ring substituents is 1. The Morgan fingerprint density at radius 3 is 2.71 bits per heavy atom. The van der Waals surface area contributed by atoms with E-state index >= 15 is 0 Å². The molecule has 2 amide bonds. The van der Waals surface area contributed by atoms with E-state index in [0.29, 0.717) is 11.6 Å². The van der Waals surface area contributed by atoms with E-state index in [2.05, 4.69) is 17.6 Å². The number of hydrogen-bond acceptors (Lipinski definition) is 3. The van der Waals surface area contributed by atoms with Gasteiger partial charge < -0.3 is 10.6 Å². The Labute approximate surface area is 128 Å². The number of halogens is 1. The van der Waals surface area contributed by atoms with Crippen molar-refractivity contribution in [2.75, 3.05) is 5.32 Å². The van der Waals surface area contributed by atoms with Crippen LogP contribution in [0.3, 0.4) is 0 Å². The van der Waals surface area contributed by atoms with Crippen molar-refractivity contribution in [3.05, 3.63) is 33.3 Å². The van der Waals surface area contributed by atoms with Gasteiger partial charge in [0.2, 0.25) is 0 Å². The second-order valence-corrected chi connectivity index (χ2v) is 5.80. The fourth-order valence-corrected chi connectivity index (χ4v) is 2.85. The van der Waals surface area contributed by atoms with Gasteiger partial charge in [0.05, 0.1) is 4.92 Å². The van der Waals surface area contributed by atoms with Crippen molar-refractivity contribution < 1.29 is 9.72 Å². The Kier molecular flexibility index (Phi) is 5.01. The lowest BCUT2D eigenvalue weighted by Crippen LogP contribution is -2.43. The van der Waals surface area contributed by atoms with Gasteiger partial charge >= 0.3 is 6.03 Å². The number of urea groups is 1. The topological polar surface area (TPSA) is 84.3 Å². The van der Waals surface area contributed by atoms with E-state index in [1.807, 2.05) is 0 Å². The summed E-state index contributed by atoms with van der Waals surface area (Å²) >= 11 is 5.81. The van der Waals surface area contributed by atoms with Crippen LogP contribution >= 0.6 is 11.6 Å². The third kappa shape index (κ3) is 4.07. The number of hydrogen-bond donors (Lipinski definition) is 2. The van der Waals surface area contributed by atoms with Crippen LogP contribution in [0.2, 0.25) is 5.02 Å². The zero-order valence-electron chi connectivity index (χ0n) is 11.8. The van der Waals surface area contributed by atoms with Crippen molar-refractivity contribution >= 4 is 29.0 Å². The third-order valence-corrected chi connectivity index (χ3v) is 4.13. The van der Waals surface area contributed by atoms with Crippen LogP contribution in [0.4, 0.5) is 16.2 Å². The number of nitrogens with one attached hydrogen (secondary N) is 2. The highest BCUT2D eigenvalue weighted by atomic mass is 35.5. The standard InChI is InChI=1S/C14H18ClN3O3/c1-9-4-2-3-5-12(9)17-14(19)16-10-6-7-13(18(20)21)11(15)8-10/h6-9,12H,2-5H2,1H3,(H2,16,17,19). The predicted octanol–water partition coefficient (Wildman–Crippen LogP) is 3.95. The molecule has 0 aliphatic heterocycles. The number of nitro groups is 1. The van der Waals surface area contributed by atoms with Crippen LogP contribution in [0.25, 0.3) is 0 Å². The van der Waals surface area contributed by atoms with Gasteiger partial charge in [-0.2, -0.15) is 0 Å². The van der Waals surface area contributed by atoms with Gasteiger partial charge in [-0.1, -0.05) is 31.4 Å². The van der Waals surface area contributed by atoms with Crippen LogP contribution in [-0.2, 0) is 0 Å². The van der Waals surface area contributed by atoms with E-state index < -0.39 is 4.92 Å². The van der Waals surface area contributed by atoms with Gasteiger partial charge in [-0.15, -0.1) is 0 Å². The molecule has 6 nitrogen and oxygen atoms in total. The molecular formula is C14H18ClN3O3. The summed E-state index contributed by atoms with van der Waals surface area (Å²) in [7, 11) is 0. The highest BCUT2D eigenvalue weighted by molar-refractivity contribution is 6.33. The number of carbonyl (C=O) groups is 1. The second-order valence-electron chi connectivity index (χ2n) is 5.39. The molecule has 0 saturated heterocycles. The van der Waals surface area contributed by atoms with Gasteiger partial charge in [0.1, 0.15) is 5.02 Å². The molecule has 0 radical (unpaired) electrons. The molecular weight excluding hydrogens is 294 g/mol. The van der Waals surface area contributed by atoms with Crippen LogP contribution in [0.5, 0.6) is 0 Å². The smallest absolute Gasteiger partial charge is 0.319 e. The number of amides is 2. The summed E-state index contributed by atoms with van der Waals surface area (Å²) in [6.45, 7) is 2.13. The number of carbonyl (C=O) groups excluding carboxylic acids is 1. The lowest BCUT2D eigenvalue weighted by atomic mass is 9.86. The molecule has 1 aromatic carbocycles. The molecule has 7 heteroatoms. The average Bonchev–Trinajstić information content (AvgIpc) is 2.41. The van der Waals surface area contributed by atoms with Crippen LogP contribution < -0.4 is 10.6 Å². The van der Waals surface area contributed by atoms with Gasteiger partial charge in [0, 0.05) is 17.8 Å². The van der Waals surface area contributed by atoms with E-state index in [0.717, 1.165) is 19.3 Å². The Hall–Kier alpha value is -1.82. The first-order valence-corrected chi connectivity index (χ1v) is 7.36. The van der Waals surface area contributed by atoms with Gasteiger partial charge in [-0.25, -0.2) is 4.79 Å². The summed E-state index contributed by atoms with van der Waals surface area (Å²) in [6, 6.07) is 3.99. The van der Waals surface area contributed by atoms with Gasteiger partial charge in [-0.05, 0) is 30.9 Å². The van der Waals surface area contributed by atoms with Gasteiger partial charge in [0.25, 0.3) is 5.69 Å². The Bertz CT molecular complexity index is 550. The summed E-state index contributed by atoms with van der Waals surface area (Å²) < 4.78 is 0. The minimum Gasteiger partial charge on any atom is -0.335 e. The third-order valence-electron chi connectivity index (χ3n) is 3.83. The van der Waals surface area contributed by atoms with Crippen LogP contribution in [-0.4, -0.2) is 17.0 Å². The predicted molar refractivity (Wildman–Crippen MR) is 81.7 cm³/mol. The van der Waals surface area contributed by atoms with Crippen molar-refractivity contribution in [1.82, 2.24) is 5.32 Å². The average molecular weight is 312 g/mol. The first-order valence-electron chi connectivity index (χ1n) is 6.99. The molecule has 1 fully saturated rings. The second kappa shape index (κ2) is 6.76. The Morgan fingerprint density at radius 1 is 1.38 bits per heavy atom. The van der Waals surface area contributed by atoms with Crippen molar-refractivity contribution in [1.29, 1.82) is 0 Å². The fraction of sp³-hybridized carbons (Fsp3) is 0.500. The van der Waals surface area contributed by atoms with Gasteiger partial charge in [-0.3, -0.25) is 10.1 Å². The maximum Gasteiger partial charge on any atom is 0.319 e. The molecule has 2 rings (SSSR count). The van der Waals surface area contributed by atoms with E-state index in [9.17, 15) is 14.9 Å². The maximum absolute atomic E-state index is 12.0. The summed E-state index contributed by atoms with van der Waals surface area (Å²) in [5, 5.41) is 16.3. The lowest BCUT2D eigenvalue weighted by molar-refractivity contribution is -0.384. The molecule has 1 aliphatic carbocycles. The molecule has 0 bridgehead atoms. The number of anilines is 1. The number of benzene rings is 1. The SMILES string of the molecule is CC1CCCCC1NC(=O)Nc1ccc([N+](=O)[O-])c(Cl)c1. The highest BCUT2D eigenvalue weighted by Crippen LogP contribution is 2.27. The molecule has 114 valence electrons. The summed E-state index contributed by atoms with van der Waals surface area (Å²) in [6.07, 6.45) is 4.43. The molecule has 0 heterocycles. The highest BCUT2D eigenvalue weighted by Gasteiger charge is 2.23. The first kappa shape index (κ1) is 15.6. The Morgan fingerprint density at radius 2 is 2.10 bits per heavy atom. The van der Waals surface area contributed by atoms with E-state index in [1.165, 1.54) is 24.6 Å². The zero-order valence-corrected chi connectivity index (χ0v) is 12.5. The molecule has 0 aromatic heterocycles. The molecule has 2 unspecified atom stereocenters. The van der Waals surface area contributed by atoms with Crippen LogP contribution in [0.1, 0.15) is 32.6 Å². The van der Waals surface area contributed by atoms with Crippen molar-refractivity contribution in [3.63, 3.8) is 0 Å². The monoisotopic (exact) mass is 311 g/mol. The van der Waals surface area contributed by atoms with Crippen molar-refractivity contribution in [3.8, 4) is 0 Å². The van der Waals surface area contributed by atoms with E-state index in [1.54, 1.807) is 0 Å². The lowest BCUT2D eigenvalue weighted by Gasteiger charge is -2.29. The van der Waals surface area contributed by atoms with Gasteiger partial charge in [0.15, 0.2) is 0 Å². The summed E-state index contributed by atoms with van der Waals surface area (Å²) in [5.41, 5.74) is 0.259. The minimum absolute atomic E-state index is 0.00355. The van der Waals surface area contributed by atoms with Crippen LogP contribution in [0.15, 0.2) is 18.2 Å². The van der Waals surface area contributed by atoms with E-state index in [-0.39, 0.29) is 22.8 Å². The zero-order chi connectivity index (χ0) is 15.4. The summed E-state index contributed by atoms with van der Waals surface area (Å²) in [4.78, 5) is 22.1. The minimum atomic E-state index is -0.560. The molecule has 21 heavy (non-hydrogen) atoms. The number of rotatable bonds is 3. The van der Waals surface area contributed by atoms with Crippen LogP contribution in [0, 0.1) is 16.0 Å². The molecule has 2 N–H and O–H groups in total. The van der Waals surface area contributed by atoms with E-state index in [4.69, 9.17) is 11.6 Å². The molecule has 2 atom stereocenters. The maximum atomic E-state index is 12.0. The number of nitrogens with zero attached hydrogens (tertiary/aromatic N) is 1. The molecule has 0 spiro atoms.